The molecule has 1 aromatic rings. The van der Waals surface area contributed by atoms with Crippen LogP contribution >= 0.6 is 0 Å². The molecule has 0 saturated heterocycles. The van der Waals surface area contributed by atoms with Crippen LogP contribution in [0, 0.1) is 0 Å². The summed E-state index contributed by atoms with van der Waals surface area (Å²) in [6.07, 6.45) is 3.78. The van der Waals surface area contributed by atoms with Gasteiger partial charge < -0.3 is 13.6 Å². The number of unbranched alkanes of at least 4 members (excludes halogenated alkanes) is 1. The molecule has 27 heavy (non-hydrogen) atoms. The van der Waals surface area contributed by atoms with Gasteiger partial charge in [-0.2, -0.15) is 0 Å². The Morgan fingerprint density at radius 2 is 1.56 bits per heavy atom. The molecule has 6 nitrogen and oxygen atoms in total. The Morgan fingerprint density at radius 3 is 2.00 bits per heavy atom. The van der Waals surface area contributed by atoms with E-state index in [1.165, 1.54) is 6.26 Å². The average molecular weight is 417 g/mol. The number of carbonyl (C=O) groups is 2. The van der Waals surface area contributed by atoms with Gasteiger partial charge in [-0.05, 0) is 50.6 Å². The highest BCUT2D eigenvalue weighted by Crippen LogP contribution is 2.18. The summed E-state index contributed by atoms with van der Waals surface area (Å²) >= 11 is 0. The zero-order valence-corrected chi connectivity index (χ0v) is 18.6. The quantitative estimate of drug-likeness (QED) is 0.384. The van der Waals surface area contributed by atoms with Crippen molar-refractivity contribution in [2.24, 2.45) is 0 Å². The van der Waals surface area contributed by atoms with Crippen LogP contribution in [0.4, 0.5) is 0 Å². The number of ketones is 1. The predicted molar refractivity (Wildman–Crippen MR) is 109 cm³/mol. The summed E-state index contributed by atoms with van der Waals surface area (Å²) in [5, 5.41) is 0. The normalized spacial score (nSPS) is 11.6. The van der Waals surface area contributed by atoms with Gasteiger partial charge in [0.05, 0.1) is 4.90 Å². The zero-order chi connectivity index (χ0) is 20.9. The third kappa shape index (κ3) is 10.5. The molecule has 0 aliphatic carbocycles. The number of benzene rings is 1. The molecule has 0 fully saturated rings. The second-order valence-electron chi connectivity index (χ2n) is 6.34. The maximum absolute atomic E-state index is 12.1. The van der Waals surface area contributed by atoms with Crippen molar-refractivity contribution in [2.75, 3.05) is 19.5 Å². The Morgan fingerprint density at radius 1 is 1.04 bits per heavy atom. The van der Waals surface area contributed by atoms with Crippen LogP contribution in [0.25, 0.3) is 0 Å². The Labute approximate surface area is 164 Å². The molecule has 0 aromatic heterocycles. The minimum atomic E-state index is -3.19. The SMILES string of the molecule is C=O.CCO[Si](C)(CCCCC(=O)Cc1ccc(S(C)(=O)=O)cc1)OCC. The van der Waals surface area contributed by atoms with Crippen LogP contribution in [0.1, 0.15) is 38.7 Å². The van der Waals surface area contributed by atoms with Crippen molar-refractivity contribution in [3.8, 4) is 0 Å². The third-order valence-corrected chi connectivity index (χ3v) is 8.18. The highest BCUT2D eigenvalue weighted by molar-refractivity contribution is 7.90. The molecule has 0 heterocycles. The molecule has 0 aliphatic rings. The van der Waals surface area contributed by atoms with Gasteiger partial charge in [0.2, 0.25) is 0 Å². The lowest BCUT2D eigenvalue weighted by Crippen LogP contribution is -2.38. The highest BCUT2D eigenvalue weighted by Gasteiger charge is 2.29. The molecule has 0 saturated carbocycles. The monoisotopic (exact) mass is 416 g/mol. The van der Waals surface area contributed by atoms with Gasteiger partial charge in [-0.1, -0.05) is 18.6 Å². The van der Waals surface area contributed by atoms with Crippen molar-refractivity contribution in [3.63, 3.8) is 0 Å². The van der Waals surface area contributed by atoms with Crippen LogP contribution < -0.4 is 0 Å². The Hall–Kier alpha value is -1.35. The number of hydrogen-bond acceptors (Lipinski definition) is 6. The molecule has 0 unspecified atom stereocenters. The predicted octanol–water partition coefficient (Wildman–Crippen LogP) is 3.33. The van der Waals surface area contributed by atoms with Crippen molar-refractivity contribution in [3.05, 3.63) is 29.8 Å². The Bertz CT molecular complexity index is 651. The molecule has 0 amide bonds. The lowest BCUT2D eigenvalue weighted by Gasteiger charge is -2.25. The maximum atomic E-state index is 12.1. The van der Waals surface area contributed by atoms with Crippen molar-refractivity contribution < 1.29 is 26.9 Å². The van der Waals surface area contributed by atoms with E-state index in [0.717, 1.165) is 24.4 Å². The first-order valence-corrected chi connectivity index (χ1v) is 13.5. The van der Waals surface area contributed by atoms with E-state index in [-0.39, 0.29) is 10.7 Å². The number of Topliss-reactive ketones (excluding diaryl/α,β-unsaturated/α-hetero) is 1. The average Bonchev–Trinajstić information content (AvgIpc) is 2.61. The molecular weight excluding hydrogens is 384 g/mol. The maximum Gasteiger partial charge on any atom is 0.334 e. The molecule has 0 spiro atoms. The van der Waals surface area contributed by atoms with E-state index >= 15 is 0 Å². The van der Waals surface area contributed by atoms with Crippen molar-refractivity contribution in [1.82, 2.24) is 0 Å². The summed E-state index contributed by atoms with van der Waals surface area (Å²) < 4.78 is 34.4. The van der Waals surface area contributed by atoms with Gasteiger partial charge in [-0.3, -0.25) is 4.79 Å². The lowest BCUT2D eigenvalue weighted by atomic mass is 10.1. The molecule has 154 valence electrons. The minimum Gasteiger partial charge on any atom is -0.395 e. The Kier molecular flexibility index (Phi) is 12.3. The summed E-state index contributed by atoms with van der Waals surface area (Å²) in [5.41, 5.74) is 0.847. The molecule has 8 heteroatoms. The van der Waals surface area contributed by atoms with E-state index in [1.54, 1.807) is 24.3 Å². The second-order valence-corrected chi connectivity index (χ2v) is 11.7. The van der Waals surface area contributed by atoms with Crippen LogP contribution in [0.2, 0.25) is 12.6 Å². The van der Waals surface area contributed by atoms with Gasteiger partial charge in [0.25, 0.3) is 0 Å². The fraction of sp³-hybridized carbons (Fsp3) is 0.579. The van der Waals surface area contributed by atoms with Crippen LogP contribution in [-0.4, -0.2) is 49.0 Å². The van der Waals surface area contributed by atoms with E-state index in [4.69, 9.17) is 13.6 Å². The highest BCUT2D eigenvalue weighted by atomic mass is 32.2. The molecule has 0 bridgehead atoms. The molecule has 1 rings (SSSR count). The third-order valence-electron chi connectivity index (χ3n) is 3.99. The first kappa shape index (κ1) is 25.6. The van der Waals surface area contributed by atoms with Gasteiger partial charge in [0.1, 0.15) is 12.6 Å². The van der Waals surface area contributed by atoms with Crippen LogP contribution in [-0.2, 0) is 34.7 Å². The van der Waals surface area contributed by atoms with Crippen LogP contribution in [0.3, 0.4) is 0 Å². The largest absolute Gasteiger partial charge is 0.395 e. The summed E-state index contributed by atoms with van der Waals surface area (Å²) in [4.78, 5) is 20.4. The van der Waals surface area contributed by atoms with E-state index in [9.17, 15) is 13.2 Å². The fourth-order valence-electron chi connectivity index (χ4n) is 2.74. The smallest absolute Gasteiger partial charge is 0.334 e. The van der Waals surface area contributed by atoms with E-state index in [1.807, 2.05) is 20.6 Å². The Balaban J connectivity index is 0.00000326. The first-order chi connectivity index (χ1) is 12.7. The molecule has 0 N–H and O–H groups in total. The summed E-state index contributed by atoms with van der Waals surface area (Å²) in [6.45, 7) is 9.34. The van der Waals surface area contributed by atoms with Crippen molar-refractivity contribution in [2.45, 2.75) is 57.0 Å². The molecular formula is C19H32O6SSi. The number of hydrogen-bond donors (Lipinski definition) is 0. The molecule has 0 atom stereocenters. The van der Waals surface area contributed by atoms with Gasteiger partial charge in [0.15, 0.2) is 9.84 Å². The first-order valence-electron chi connectivity index (χ1n) is 9.07. The number of rotatable bonds is 12. The van der Waals surface area contributed by atoms with Crippen LogP contribution in [0.5, 0.6) is 0 Å². The second kappa shape index (κ2) is 12.9. The van der Waals surface area contributed by atoms with E-state index in [0.29, 0.717) is 26.1 Å². The van der Waals surface area contributed by atoms with Gasteiger partial charge >= 0.3 is 8.56 Å². The van der Waals surface area contributed by atoms with Crippen molar-refractivity contribution in [1.29, 1.82) is 0 Å². The zero-order valence-electron chi connectivity index (χ0n) is 16.8. The molecule has 0 aliphatic heterocycles. The van der Waals surface area contributed by atoms with Crippen molar-refractivity contribution >= 4 is 31.0 Å². The summed E-state index contributed by atoms with van der Waals surface area (Å²) in [5.74, 6) is 0.170. The van der Waals surface area contributed by atoms with Gasteiger partial charge in [-0.15, -0.1) is 0 Å². The molecule has 0 radical (unpaired) electrons. The fourth-order valence-corrected chi connectivity index (χ4v) is 5.85. The van der Waals surface area contributed by atoms with Gasteiger partial charge in [-0.25, -0.2) is 8.42 Å². The van der Waals surface area contributed by atoms with Crippen LogP contribution in [0.15, 0.2) is 29.2 Å². The minimum absolute atomic E-state index is 0.170. The lowest BCUT2D eigenvalue weighted by molar-refractivity contribution is -0.118. The van der Waals surface area contributed by atoms with E-state index < -0.39 is 18.4 Å². The number of carbonyl (C=O) groups excluding carboxylic acids is 2. The standard InChI is InChI=1S/C18H30O5SSi.CH2O/c1-5-22-25(4,23-6-2)14-8-7-9-17(19)15-16-10-12-18(13-11-16)24(3,20)21;1-2/h10-13H,5-9,14-15H2,1-4H3;1H2. The van der Waals surface area contributed by atoms with Gasteiger partial charge in [0, 0.05) is 32.3 Å². The topological polar surface area (TPSA) is 86.7 Å². The summed E-state index contributed by atoms with van der Waals surface area (Å²) in [7, 11) is -5.28. The molecule has 1 aromatic carbocycles. The summed E-state index contributed by atoms with van der Waals surface area (Å²) in [6, 6.07) is 7.42. The van der Waals surface area contributed by atoms with E-state index in [2.05, 4.69) is 6.55 Å². The number of sulfone groups is 1.